The fraction of sp³-hybridized carbons (Fsp3) is 0.455. The summed E-state index contributed by atoms with van der Waals surface area (Å²) in [5.41, 5.74) is 1.28. The van der Waals surface area contributed by atoms with E-state index < -0.39 is 7.12 Å². The van der Waals surface area contributed by atoms with Gasteiger partial charge in [0.2, 0.25) is 0 Å². The molecule has 0 spiro atoms. The Kier molecular flexibility index (Phi) is 4.80. The number of ether oxygens (including phenoxy) is 2. The highest BCUT2D eigenvalue weighted by Crippen LogP contribution is 2.12. The molecular weight excluding hydrogens is 207 g/mol. The lowest BCUT2D eigenvalue weighted by atomic mass is 9.77. The Balaban J connectivity index is 2.66. The SMILES string of the molecule is COC(C)COc1ccc(B(O)O)c(C)c1. The van der Waals surface area contributed by atoms with Crippen molar-refractivity contribution < 1.29 is 19.5 Å². The smallest absolute Gasteiger partial charge is 0.488 e. The largest absolute Gasteiger partial charge is 0.491 e. The Morgan fingerprint density at radius 1 is 1.38 bits per heavy atom. The highest BCUT2D eigenvalue weighted by molar-refractivity contribution is 6.59. The average Bonchev–Trinajstić information content (AvgIpc) is 2.25. The molecule has 4 nitrogen and oxygen atoms in total. The zero-order valence-electron chi connectivity index (χ0n) is 9.80. The van der Waals surface area contributed by atoms with Crippen LogP contribution in [0.3, 0.4) is 0 Å². The number of aryl methyl sites for hydroxylation is 1. The van der Waals surface area contributed by atoms with Crippen molar-refractivity contribution in [3.05, 3.63) is 23.8 Å². The molecule has 1 aromatic carbocycles. The van der Waals surface area contributed by atoms with E-state index in [4.69, 9.17) is 19.5 Å². The fourth-order valence-corrected chi connectivity index (χ4v) is 1.31. The summed E-state index contributed by atoms with van der Waals surface area (Å²) in [7, 11) is 0.191. The predicted octanol–water partition coefficient (Wildman–Crippen LogP) is 0.0885. The topological polar surface area (TPSA) is 58.9 Å². The molecule has 0 aliphatic heterocycles. The van der Waals surface area contributed by atoms with Crippen LogP contribution in [0.25, 0.3) is 0 Å². The van der Waals surface area contributed by atoms with Gasteiger partial charge in [0.25, 0.3) is 0 Å². The molecule has 1 atom stereocenters. The summed E-state index contributed by atoms with van der Waals surface area (Å²) in [5.74, 6) is 0.700. The third kappa shape index (κ3) is 3.52. The Morgan fingerprint density at radius 3 is 2.56 bits per heavy atom. The number of benzene rings is 1. The van der Waals surface area contributed by atoms with E-state index in [1.54, 1.807) is 32.2 Å². The van der Waals surface area contributed by atoms with Crippen LogP contribution >= 0.6 is 0 Å². The van der Waals surface area contributed by atoms with Gasteiger partial charge in [-0.3, -0.25) is 0 Å². The first kappa shape index (κ1) is 13.0. The molecule has 1 aromatic rings. The minimum atomic E-state index is -1.44. The zero-order chi connectivity index (χ0) is 12.1. The van der Waals surface area contributed by atoms with Crippen molar-refractivity contribution in [1.82, 2.24) is 0 Å². The van der Waals surface area contributed by atoms with Crippen molar-refractivity contribution in [2.45, 2.75) is 20.0 Å². The van der Waals surface area contributed by atoms with Crippen molar-refractivity contribution in [3.8, 4) is 5.75 Å². The lowest BCUT2D eigenvalue weighted by molar-refractivity contribution is 0.0716. The number of methoxy groups -OCH3 is 1. The molecule has 0 bridgehead atoms. The van der Waals surface area contributed by atoms with Gasteiger partial charge in [0.05, 0.1) is 6.10 Å². The van der Waals surface area contributed by atoms with Crippen molar-refractivity contribution in [2.75, 3.05) is 13.7 Å². The van der Waals surface area contributed by atoms with Crippen molar-refractivity contribution in [1.29, 1.82) is 0 Å². The minimum absolute atomic E-state index is 0.0309. The van der Waals surface area contributed by atoms with Crippen molar-refractivity contribution >= 4 is 12.6 Å². The molecule has 2 N–H and O–H groups in total. The summed E-state index contributed by atoms with van der Waals surface area (Å²) in [4.78, 5) is 0. The molecule has 0 aliphatic carbocycles. The Bertz CT molecular complexity index is 341. The minimum Gasteiger partial charge on any atom is -0.491 e. The molecule has 0 aromatic heterocycles. The van der Waals surface area contributed by atoms with Crippen LogP contribution in [0.1, 0.15) is 12.5 Å². The molecule has 0 saturated carbocycles. The van der Waals surface area contributed by atoms with E-state index in [0.717, 1.165) is 5.56 Å². The van der Waals surface area contributed by atoms with E-state index >= 15 is 0 Å². The van der Waals surface area contributed by atoms with Gasteiger partial charge in [-0.2, -0.15) is 0 Å². The molecule has 16 heavy (non-hydrogen) atoms. The summed E-state index contributed by atoms with van der Waals surface area (Å²) >= 11 is 0. The summed E-state index contributed by atoms with van der Waals surface area (Å²) < 4.78 is 10.5. The molecule has 0 saturated heterocycles. The van der Waals surface area contributed by atoms with E-state index in [1.165, 1.54) is 0 Å². The van der Waals surface area contributed by atoms with Gasteiger partial charge in [0, 0.05) is 7.11 Å². The van der Waals surface area contributed by atoms with Crippen LogP contribution in [0.2, 0.25) is 0 Å². The van der Waals surface area contributed by atoms with E-state index in [0.29, 0.717) is 17.8 Å². The second-order valence-electron chi connectivity index (χ2n) is 3.75. The van der Waals surface area contributed by atoms with Crippen molar-refractivity contribution in [2.24, 2.45) is 0 Å². The average molecular weight is 224 g/mol. The Labute approximate surface area is 96.0 Å². The lowest BCUT2D eigenvalue weighted by Gasteiger charge is -2.13. The van der Waals surface area contributed by atoms with Crippen molar-refractivity contribution in [3.63, 3.8) is 0 Å². The normalized spacial score (nSPS) is 12.3. The molecule has 1 unspecified atom stereocenters. The first-order valence-corrected chi connectivity index (χ1v) is 5.17. The summed E-state index contributed by atoms with van der Waals surface area (Å²) in [6, 6.07) is 5.13. The molecule has 5 heteroatoms. The van der Waals surface area contributed by atoms with Gasteiger partial charge in [-0.1, -0.05) is 6.07 Å². The molecule has 0 heterocycles. The van der Waals surface area contributed by atoms with Crippen LogP contribution in [-0.4, -0.2) is 37.0 Å². The maximum Gasteiger partial charge on any atom is 0.488 e. The number of hydrogen-bond donors (Lipinski definition) is 2. The lowest BCUT2D eigenvalue weighted by Crippen LogP contribution is -2.31. The van der Waals surface area contributed by atoms with Gasteiger partial charge in [0.1, 0.15) is 12.4 Å². The fourth-order valence-electron chi connectivity index (χ4n) is 1.31. The highest BCUT2D eigenvalue weighted by atomic mass is 16.5. The Hall–Kier alpha value is -1.04. The van der Waals surface area contributed by atoms with E-state index in [1.807, 2.05) is 6.92 Å². The summed E-state index contributed by atoms with van der Waals surface area (Å²) in [6.07, 6.45) is 0.0309. The van der Waals surface area contributed by atoms with Crippen LogP contribution in [0.5, 0.6) is 5.75 Å². The van der Waals surface area contributed by atoms with Gasteiger partial charge < -0.3 is 19.5 Å². The summed E-state index contributed by atoms with van der Waals surface area (Å²) in [5, 5.41) is 18.1. The first-order chi connectivity index (χ1) is 7.54. The monoisotopic (exact) mass is 224 g/mol. The number of rotatable bonds is 5. The Morgan fingerprint density at radius 2 is 2.06 bits per heavy atom. The molecule has 88 valence electrons. The van der Waals surface area contributed by atoms with Gasteiger partial charge in [-0.15, -0.1) is 0 Å². The maximum atomic E-state index is 9.05. The van der Waals surface area contributed by atoms with Crippen LogP contribution in [-0.2, 0) is 4.74 Å². The van der Waals surface area contributed by atoms with Crippen LogP contribution in [0, 0.1) is 6.92 Å². The van der Waals surface area contributed by atoms with Gasteiger partial charge in [-0.25, -0.2) is 0 Å². The molecule has 0 aliphatic rings. The standard InChI is InChI=1S/C11H17BO4/c1-8-6-10(16-7-9(2)15-3)4-5-11(8)12(13)14/h4-6,9,13-14H,7H2,1-3H3. The van der Waals surface area contributed by atoms with Crippen LogP contribution in [0.4, 0.5) is 0 Å². The third-order valence-corrected chi connectivity index (χ3v) is 2.41. The first-order valence-electron chi connectivity index (χ1n) is 5.17. The van der Waals surface area contributed by atoms with E-state index in [-0.39, 0.29) is 6.10 Å². The molecule has 1 rings (SSSR count). The maximum absolute atomic E-state index is 9.05. The third-order valence-electron chi connectivity index (χ3n) is 2.41. The molecule has 0 radical (unpaired) electrons. The molecule has 0 fully saturated rings. The van der Waals surface area contributed by atoms with Gasteiger partial charge in [0.15, 0.2) is 0 Å². The highest BCUT2D eigenvalue weighted by Gasteiger charge is 2.14. The second kappa shape index (κ2) is 5.89. The predicted molar refractivity (Wildman–Crippen MR) is 63.0 cm³/mol. The van der Waals surface area contributed by atoms with Crippen LogP contribution in [0.15, 0.2) is 18.2 Å². The zero-order valence-corrected chi connectivity index (χ0v) is 9.80. The van der Waals surface area contributed by atoms with Gasteiger partial charge >= 0.3 is 7.12 Å². The molecular formula is C11H17BO4. The quantitative estimate of drug-likeness (QED) is 0.696. The van der Waals surface area contributed by atoms with E-state index in [2.05, 4.69) is 0 Å². The second-order valence-corrected chi connectivity index (χ2v) is 3.75. The number of hydrogen-bond acceptors (Lipinski definition) is 4. The van der Waals surface area contributed by atoms with E-state index in [9.17, 15) is 0 Å². The molecule has 0 amide bonds. The van der Waals surface area contributed by atoms with Crippen LogP contribution < -0.4 is 10.2 Å². The summed E-state index contributed by atoms with van der Waals surface area (Å²) in [6.45, 7) is 4.19. The van der Waals surface area contributed by atoms with Gasteiger partial charge in [-0.05, 0) is 37.0 Å².